The largest absolute Gasteiger partial charge is 0.484 e. The first-order valence-corrected chi connectivity index (χ1v) is 8.70. The maximum absolute atomic E-state index is 12.1. The first-order valence-electron chi connectivity index (χ1n) is 8.70. The molecular formula is C21H25NO4. The molecule has 2 aromatic carbocycles. The van der Waals surface area contributed by atoms with Gasteiger partial charge in [-0.15, -0.1) is 0 Å². The standard InChI is InChI=1S/C21H25NO4/c1-4-15(2)20(21(24)25-3)22-19(23)14-26-18-12-10-17(11-13-18)16-8-6-5-7-9-16/h5-13,15,20H,4,14H2,1-3H3,(H,22,23)/t15-,20-/m0/s1. The number of ether oxygens (including phenoxy) is 2. The van der Waals surface area contributed by atoms with Crippen molar-refractivity contribution in [2.75, 3.05) is 13.7 Å². The Kier molecular flexibility index (Phi) is 7.21. The zero-order chi connectivity index (χ0) is 18.9. The number of carbonyl (C=O) groups excluding carboxylic acids is 2. The van der Waals surface area contributed by atoms with Crippen LogP contribution in [0.1, 0.15) is 20.3 Å². The number of hydrogen-bond donors (Lipinski definition) is 1. The summed E-state index contributed by atoms with van der Waals surface area (Å²) >= 11 is 0. The molecule has 0 fully saturated rings. The van der Waals surface area contributed by atoms with Crippen LogP contribution in [0.4, 0.5) is 0 Å². The van der Waals surface area contributed by atoms with Crippen LogP contribution in [0.25, 0.3) is 11.1 Å². The fourth-order valence-electron chi connectivity index (χ4n) is 2.53. The number of esters is 1. The second kappa shape index (κ2) is 9.61. The van der Waals surface area contributed by atoms with Gasteiger partial charge in [-0.1, -0.05) is 62.7 Å². The van der Waals surface area contributed by atoms with Crippen molar-refractivity contribution >= 4 is 11.9 Å². The average Bonchev–Trinajstić information content (AvgIpc) is 2.70. The number of nitrogens with one attached hydrogen (secondary N) is 1. The molecule has 0 spiro atoms. The van der Waals surface area contributed by atoms with Gasteiger partial charge in [-0.25, -0.2) is 4.79 Å². The van der Waals surface area contributed by atoms with E-state index in [1.54, 1.807) is 0 Å². The minimum atomic E-state index is -0.665. The number of benzene rings is 2. The number of methoxy groups -OCH3 is 1. The molecule has 0 unspecified atom stereocenters. The second-order valence-electron chi connectivity index (χ2n) is 6.13. The van der Waals surface area contributed by atoms with Crippen LogP contribution in [-0.4, -0.2) is 31.6 Å². The van der Waals surface area contributed by atoms with Crippen LogP contribution in [0.2, 0.25) is 0 Å². The van der Waals surface area contributed by atoms with Crippen LogP contribution in [0.5, 0.6) is 5.75 Å². The molecule has 0 radical (unpaired) electrons. The van der Waals surface area contributed by atoms with E-state index in [9.17, 15) is 9.59 Å². The molecule has 0 bridgehead atoms. The molecule has 0 heterocycles. The third kappa shape index (κ3) is 5.34. The van der Waals surface area contributed by atoms with Gasteiger partial charge >= 0.3 is 5.97 Å². The van der Waals surface area contributed by atoms with E-state index in [-0.39, 0.29) is 18.4 Å². The Balaban J connectivity index is 1.91. The highest BCUT2D eigenvalue weighted by Crippen LogP contribution is 2.22. The lowest BCUT2D eigenvalue weighted by atomic mass is 9.99. The van der Waals surface area contributed by atoms with Crippen molar-refractivity contribution in [2.24, 2.45) is 5.92 Å². The molecule has 1 N–H and O–H groups in total. The number of rotatable bonds is 8. The van der Waals surface area contributed by atoms with Crippen molar-refractivity contribution in [2.45, 2.75) is 26.3 Å². The van der Waals surface area contributed by atoms with Crippen LogP contribution in [0, 0.1) is 5.92 Å². The number of amides is 1. The highest BCUT2D eigenvalue weighted by atomic mass is 16.5. The molecule has 1 amide bonds. The summed E-state index contributed by atoms with van der Waals surface area (Å²) in [6.07, 6.45) is 0.752. The van der Waals surface area contributed by atoms with Crippen molar-refractivity contribution in [3.05, 3.63) is 54.6 Å². The van der Waals surface area contributed by atoms with Gasteiger partial charge in [-0.2, -0.15) is 0 Å². The monoisotopic (exact) mass is 355 g/mol. The van der Waals surface area contributed by atoms with Crippen molar-refractivity contribution < 1.29 is 19.1 Å². The van der Waals surface area contributed by atoms with Gasteiger partial charge in [0.1, 0.15) is 11.8 Å². The van der Waals surface area contributed by atoms with Crippen molar-refractivity contribution in [3.63, 3.8) is 0 Å². The highest BCUT2D eigenvalue weighted by Gasteiger charge is 2.26. The zero-order valence-corrected chi connectivity index (χ0v) is 15.4. The third-order valence-electron chi connectivity index (χ3n) is 4.32. The molecule has 2 rings (SSSR count). The van der Waals surface area contributed by atoms with Gasteiger partial charge < -0.3 is 14.8 Å². The summed E-state index contributed by atoms with van der Waals surface area (Å²) in [6.45, 7) is 3.69. The van der Waals surface area contributed by atoms with Gasteiger partial charge in [0, 0.05) is 0 Å². The molecule has 0 aliphatic carbocycles. The van der Waals surface area contributed by atoms with E-state index in [0.717, 1.165) is 17.5 Å². The summed E-state index contributed by atoms with van der Waals surface area (Å²) in [4.78, 5) is 23.9. The topological polar surface area (TPSA) is 64.6 Å². The zero-order valence-electron chi connectivity index (χ0n) is 15.4. The predicted molar refractivity (Wildman–Crippen MR) is 101 cm³/mol. The highest BCUT2D eigenvalue weighted by molar-refractivity contribution is 5.85. The van der Waals surface area contributed by atoms with E-state index in [1.807, 2.05) is 68.4 Å². The minimum Gasteiger partial charge on any atom is -0.484 e. The molecule has 0 saturated heterocycles. The Hall–Kier alpha value is -2.82. The molecule has 138 valence electrons. The molecular weight excluding hydrogens is 330 g/mol. The maximum Gasteiger partial charge on any atom is 0.328 e. The summed E-state index contributed by atoms with van der Waals surface area (Å²) in [7, 11) is 1.31. The molecule has 0 aromatic heterocycles. The fourth-order valence-corrected chi connectivity index (χ4v) is 2.53. The smallest absolute Gasteiger partial charge is 0.328 e. The SMILES string of the molecule is CC[C@H](C)[C@H](NC(=O)COc1ccc(-c2ccccc2)cc1)C(=O)OC. The molecule has 0 aliphatic rings. The molecule has 2 aromatic rings. The van der Waals surface area contributed by atoms with Gasteiger partial charge in [0.15, 0.2) is 6.61 Å². The lowest BCUT2D eigenvalue weighted by Gasteiger charge is -2.21. The van der Waals surface area contributed by atoms with Crippen LogP contribution in [-0.2, 0) is 14.3 Å². The predicted octanol–water partition coefficient (Wildman–Crippen LogP) is 3.44. The first-order chi connectivity index (χ1) is 12.5. The van der Waals surface area contributed by atoms with Gasteiger partial charge in [0.25, 0.3) is 5.91 Å². The fraction of sp³-hybridized carbons (Fsp3) is 0.333. The van der Waals surface area contributed by atoms with Gasteiger partial charge in [0.05, 0.1) is 7.11 Å². The van der Waals surface area contributed by atoms with Crippen molar-refractivity contribution in [1.82, 2.24) is 5.32 Å². The Bertz CT molecular complexity index is 713. The van der Waals surface area contributed by atoms with Gasteiger partial charge in [-0.3, -0.25) is 4.79 Å². The normalized spacial score (nSPS) is 12.7. The molecule has 26 heavy (non-hydrogen) atoms. The molecule has 0 aliphatic heterocycles. The van der Waals surface area contributed by atoms with E-state index >= 15 is 0 Å². The van der Waals surface area contributed by atoms with Gasteiger partial charge in [-0.05, 0) is 29.2 Å². The van der Waals surface area contributed by atoms with E-state index in [0.29, 0.717) is 5.75 Å². The van der Waals surface area contributed by atoms with Crippen LogP contribution >= 0.6 is 0 Å². The Morgan fingerprint density at radius 1 is 1.00 bits per heavy atom. The molecule has 0 saturated carbocycles. The number of hydrogen-bond acceptors (Lipinski definition) is 4. The molecule has 2 atom stereocenters. The van der Waals surface area contributed by atoms with E-state index in [4.69, 9.17) is 9.47 Å². The summed E-state index contributed by atoms with van der Waals surface area (Å²) in [5.74, 6) is -0.220. The summed E-state index contributed by atoms with van der Waals surface area (Å²) in [6, 6.07) is 16.9. The minimum absolute atomic E-state index is 0.0171. The quantitative estimate of drug-likeness (QED) is 0.737. The van der Waals surface area contributed by atoms with Crippen molar-refractivity contribution in [1.29, 1.82) is 0 Å². The van der Waals surface area contributed by atoms with Gasteiger partial charge in [0.2, 0.25) is 0 Å². The number of carbonyl (C=O) groups is 2. The second-order valence-corrected chi connectivity index (χ2v) is 6.13. The lowest BCUT2D eigenvalue weighted by molar-refractivity contribution is -0.146. The van der Waals surface area contributed by atoms with E-state index < -0.39 is 12.0 Å². The Morgan fingerprint density at radius 3 is 2.19 bits per heavy atom. The Morgan fingerprint density at radius 2 is 1.62 bits per heavy atom. The summed E-state index contributed by atoms with van der Waals surface area (Å²) in [5, 5.41) is 2.69. The summed E-state index contributed by atoms with van der Waals surface area (Å²) < 4.78 is 10.3. The molecule has 5 heteroatoms. The maximum atomic E-state index is 12.1. The van der Waals surface area contributed by atoms with E-state index in [2.05, 4.69) is 5.32 Å². The van der Waals surface area contributed by atoms with Crippen molar-refractivity contribution in [3.8, 4) is 16.9 Å². The van der Waals surface area contributed by atoms with Crippen LogP contribution in [0.3, 0.4) is 0 Å². The van der Waals surface area contributed by atoms with Crippen LogP contribution in [0.15, 0.2) is 54.6 Å². The third-order valence-corrected chi connectivity index (χ3v) is 4.32. The average molecular weight is 355 g/mol. The lowest BCUT2D eigenvalue weighted by Crippen LogP contribution is -2.47. The van der Waals surface area contributed by atoms with E-state index in [1.165, 1.54) is 7.11 Å². The van der Waals surface area contributed by atoms with Crippen LogP contribution < -0.4 is 10.1 Å². The first kappa shape index (κ1) is 19.5. The Labute approximate surface area is 154 Å². The summed E-state index contributed by atoms with van der Waals surface area (Å²) in [5.41, 5.74) is 2.19. The molecule has 5 nitrogen and oxygen atoms in total.